The van der Waals surface area contributed by atoms with Gasteiger partial charge in [0.25, 0.3) is 0 Å². The maximum absolute atomic E-state index is 11.3. The van der Waals surface area contributed by atoms with Crippen LogP contribution in [0.15, 0.2) is 30.3 Å². The van der Waals surface area contributed by atoms with Crippen molar-refractivity contribution in [2.45, 2.75) is 38.0 Å². The molecule has 2 saturated heterocycles. The topological polar surface area (TPSA) is 77.6 Å². The summed E-state index contributed by atoms with van der Waals surface area (Å²) in [5.74, 6) is -1.55. The van der Waals surface area contributed by atoms with Crippen molar-refractivity contribution in [2.24, 2.45) is 5.92 Å². The molecule has 6 heteroatoms. The van der Waals surface area contributed by atoms with Crippen LogP contribution in [-0.2, 0) is 20.1 Å². The van der Waals surface area contributed by atoms with Gasteiger partial charge in [-0.15, -0.1) is 0 Å². The van der Waals surface area contributed by atoms with Gasteiger partial charge in [-0.25, -0.2) is 0 Å². The highest BCUT2D eigenvalue weighted by molar-refractivity contribution is 5.80. The van der Waals surface area contributed by atoms with Crippen molar-refractivity contribution in [3.05, 3.63) is 36.0 Å². The summed E-state index contributed by atoms with van der Waals surface area (Å²) in [6.45, 7) is 4.47. The number of nitrogens with zero attached hydrogens (tertiary/aromatic N) is 1. The highest BCUT2D eigenvalue weighted by Gasteiger charge is 2.48. The lowest BCUT2D eigenvalue weighted by molar-refractivity contribution is -0.312. The lowest BCUT2D eigenvalue weighted by Crippen LogP contribution is -2.52. The summed E-state index contributed by atoms with van der Waals surface area (Å²) >= 11 is 0. The maximum Gasteiger partial charge on any atom is 0.213 e. The molecule has 26 heavy (non-hydrogen) atoms. The zero-order valence-electron chi connectivity index (χ0n) is 15.1. The highest BCUT2D eigenvalue weighted by Crippen LogP contribution is 2.44. The van der Waals surface area contributed by atoms with Gasteiger partial charge in [-0.05, 0) is 49.9 Å². The van der Waals surface area contributed by atoms with Crippen molar-refractivity contribution in [3.8, 4) is 0 Å². The summed E-state index contributed by atoms with van der Waals surface area (Å²) in [5.41, 5.74) is 2.03. The fourth-order valence-electron chi connectivity index (χ4n) is 4.47. The lowest BCUT2D eigenvalue weighted by Gasteiger charge is -2.43. The summed E-state index contributed by atoms with van der Waals surface area (Å²) in [6.07, 6.45) is 2.23. The summed E-state index contributed by atoms with van der Waals surface area (Å²) in [5, 5.41) is 12.5. The van der Waals surface area contributed by atoms with Crippen molar-refractivity contribution < 1.29 is 19.4 Å². The molecule has 1 atom stereocenters. The number of fused-ring (bicyclic) bond motifs is 1. The molecule has 1 unspecified atom stereocenters. The third kappa shape index (κ3) is 2.92. The van der Waals surface area contributed by atoms with Crippen LogP contribution in [0, 0.1) is 5.92 Å². The average Bonchev–Trinajstić information content (AvgIpc) is 3.30. The van der Waals surface area contributed by atoms with Crippen molar-refractivity contribution in [2.75, 3.05) is 26.3 Å². The predicted molar refractivity (Wildman–Crippen MR) is 95.3 cm³/mol. The van der Waals surface area contributed by atoms with Gasteiger partial charge in [-0.3, -0.25) is 4.90 Å². The molecule has 4 rings (SSSR count). The minimum atomic E-state index is -0.982. The fourth-order valence-corrected chi connectivity index (χ4v) is 4.47. The predicted octanol–water partition coefficient (Wildman–Crippen LogP) is 1.61. The Hall–Kier alpha value is -1.89. The number of aromatic nitrogens is 1. The molecule has 140 valence electrons. The lowest BCUT2D eigenvalue weighted by atomic mass is 9.85. The first-order valence-electron chi connectivity index (χ1n) is 9.45. The number of hydrogen-bond donors (Lipinski definition) is 1. The Labute approximate surface area is 153 Å². The van der Waals surface area contributed by atoms with Gasteiger partial charge in [-0.1, -0.05) is 25.1 Å². The Bertz CT molecular complexity index is 740. The van der Waals surface area contributed by atoms with Crippen molar-refractivity contribution in [1.82, 2.24) is 9.88 Å². The second kappa shape index (κ2) is 7.02. The summed E-state index contributed by atoms with van der Waals surface area (Å²) < 4.78 is 12.3. The number of benzene rings is 1. The molecular weight excluding hydrogens is 332 g/mol. The van der Waals surface area contributed by atoms with Crippen LogP contribution in [0.1, 0.15) is 31.9 Å². The average molecular weight is 357 g/mol. The van der Waals surface area contributed by atoms with E-state index in [1.807, 2.05) is 24.0 Å². The number of para-hydroxylation sites is 1. The summed E-state index contributed by atoms with van der Waals surface area (Å²) in [7, 11) is 0. The number of aromatic amines is 1. The second-order valence-electron chi connectivity index (χ2n) is 7.19. The number of piperidine rings is 1. The molecule has 0 spiro atoms. The number of nitrogens with one attached hydrogen (secondary N) is 1. The number of carboxylic acids is 1. The molecule has 2 aromatic rings. The smallest absolute Gasteiger partial charge is 0.213 e. The molecule has 0 amide bonds. The van der Waals surface area contributed by atoms with Crippen molar-refractivity contribution >= 4 is 16.9 Å². The van der Waals surface area contributed by atoms with E-state index in [9.17, 15) is 9.90 Å². The Morgan fingerprint density at radius 1 is 1.31 bits per heavy atom. The molecule has 2 aliphatic rings. The van der Waals surface area contributed by atoms with E-state index in [2.05, 4.69) is 23.2 Å². The van der Waals surface area contributed by atoms with Crippen molar-refractivity contribution in [3.63, 3.8) is 0 Å². The van der Waals surface area contributed by atoms with Gasteiger partial charge in [0, 0.05) is 17.5 Å². The van der Waals surface area contributed by atoms with Gasteiger partial charge in [0.05, 0.1) is 24.9 Å². The first kappa shape index (κ1) is 17.5. The molecule has 0 radical (unpaired) electrons. The van der Waals surface area contributed by atoms with Crippen LogP contribution in [0.2, 0.25) is 0 Å². The minimum absolute atomic E-state index is 0.188. The first-order valence-corrected chi connectivity index (χ1v) is 9.45. The van der Waals surface area contributed by atoms with E-state index in [1.54, 1.807) is 0 Å². The van der Waals surface area contributed by atoms with Crippen LogP contribution in [-0.4, -0.2) is 48.2 Å². The molecular formula is C20H25N2O4-. The van der Waals surface area contributed by atoms with E-state index in [1.165, 1.54) is 0 Å². The molecule has 0 aliphatic carbocycles. The van der Waals surface area contributed by atoms with Crippen LogP contribution in [0.25, 0.3) is 10.9 Å². The van der Waals surface area contributed by atoms with Crippen LogP contribution in [0.4, 0.5) is 0 Å². The van der Waals surface area contributed by atoms with Crippen LogP contribution in [0.3, 0.4) is 0 Å². The van der Waals surface area contributed by atoms with Gasteiger partial charge >= 0.3 is 0 Å². The standard InChI is InChI=1S/C20H26N2O4/c1-2-17(19(23)24)22-9-7-15(8-10-22)20(25-11-12-26-20)18-13-14-5-3-4-6-16(14)21-18/h3-6,13,15,17,21H,2,7-12H2,1H3,(H,23,24)/p-1. The van der Waals surface area contributed by atoms with Crippen LogP contribution in [0.5, 0.6) is 0 Å². The monoisotopic (exact) mass is 357 g/mol. The number of likely N-dealkylation sites (tertiary alicyclic amines) is 1. The SMILES string of the molecule is CCC(C(=O)[O-])N1CCC(C2(c3cc4ccccc4[nH]3)OCCO2)CC1. The van der Waals surface area contributed by atoms with E-state index in [0.717, 1.165) is 29.4 Å². The Morgan fingerprint density at radius 2 is 2.00 bits per heavy atom. The fraction of sp³-hybridized carbons (Fsp3) is 0.550. The number of ether oxygens (including phenoxy) is 2. The van der Waals surface area contributed by atoms with Crippen LogP contribution >= 0.6 is 0 Å². The number of carboxylic acid groups (broad SMARTS) is 1. The number of carbonyl (C=O) groups is 1. The number of aliphatic carboxylic acids is 1. The highest BCUT2D eigenvalue weighted by atomic mass is 16.7. The summed E-state index contributed by atoms with van der Waals surface area (Å²) in [4.78, 5) is 16.8. The van der Waals surface area contributed by atoms with E-state index < -0.39 is 17.8 Å². The minimum Gasteiger partial charge on any atom is -0.548 e. The zero-order chi connectivity index (χ0) is 18.1. The second-order valence-corrected chi connectivity index (χ2v) is 7.19. The van der Waals surface area contributed by atoms with Gasteiger partial charge in [0.15, 0.2) is 0 Å². The molecule has 0 bridgehead atoms. The Morgan fingerprint density at radius 3 is 2.62 bits per heavy atom. The van der Waals surface area contributed by atoms with E-state index in [-0.39, 0.29) is 5.92 Å². The summed E-state index contributed by atoms with van der Waals surface area (Å²) in [6, 6.07) is 9.76. The largest absolute Gasteiger partial charge is 0.548 e. The quantitative estimate of drug-likeness (QED) is 0.880. The third-order valence-corrected chi connectivity index (χ3v) is 5.79. The van der Waals surface area contributed by atoms with E-state index in [0.29, 0.717) is 32.7 Å². The normalized spacial score (nSPS) is 22.7. The molecule has 3 heterocycles. The molecule has 2 fully saturated rings. The molecule has 1 N–H and O–H groups in total. The van der Waals surface area contributed by atoms with Crippen molar-refractivity contribution in [1.29, 1.82) is 0 Å². The van der Waals surface area contributed by atoms with Gasteiger partial charge in [0.2, 0.25) is 5.79 Å². The third-order valence-electron chi connectivity index (χ3n) is 5.79. The number of H-pyrrole nitrogens is 1. The van der Waals surface area contributed by atoms with Crippen LogP contribution < -0.4 is 5.11 Å². The molecule has 1 aromatic carbocycles. The number of hydrogen-bond acceptors (Lipinski definition) is 5. The Balaban J connectivity index is 1.57. The molecule has 1 aromatic heterocycles. The number of rotatable bonds is 5. The molecule has 0 saturated carbocycles. The van der Waals surface area contributed by atoms with Gasteiger partial charge < -0.3 is 24.4 Å². The van der Waals surface area contributed by atoms with Gasteiger partial charge in [0.1, 0.15) is 0 Å². The number of carbonyl (C=O) groups excluding carboxylic acids is 1. The Kier molecular flexibility index (Phi) is 4.73. The van der Waals surface area contributed by atoms with E-state index >= 15 is 0 Å². The first-order chi connectivity index (χ1) is 12.6. The molecule has 6 nitrogen and oxygen atoms in total. The molecule has 2 aliphatic heterocycles. The van der Waals surface area contributed by atoms with E-state index in [4.69, 9.17) is 9.47 Å². The maximum atomic E-state index is 11.3. The van der Waals surface area contributed by atoms with Gasteiger partial charge in [-0.2, -0.15) is 0 Å². The zero-order valence-corrected chi connectivity index (χ0v) is 15.1.